The molecule has 1 heterocycles. The maximum atomic E-state index is 10.6. The van der Waals surface area contributed by atoms with Gasteiger partial charge in [0.05, 0.1) is 6.10 Å². The number of para-hydroxylation sites is 1. The first kappa shape index (κ1) is 23.0. The van der Waals surface area contributed by atoms with E-state index in [1.165, 1.54) is 25.7 Å². The van der Waals surface area contributed by atoms with E-state index in [2.05, 4.69) is 6.92 Å². The molecule has 1 aromatic rings. The Labute approximate surface area is 172 Å². The number of aliphatic hydroxyl groups excluding tert-OH is 2. The Morgan fingerprint density at radius 3 is 2.43 bits per heavy atom. The summed E-state index contributed by atoms with van der Waals surface area (Å²) >= 11 is 5.11. The molecule has 0 aliphatic carbocycles. The molecule has 2 N–H and O–H groups in total. The highest BCUT2D eigenvalue weighted by Gasteiger charge is 2.45. The van der Waals surface area contributed by atoms with Crippen LogP contribution >= 0.6 is 12.2 Å². The van der Waals surface area contributed by atoms with Crippen LogP contribution in [-0.4, -0.2) is 52.8 Å². The van der Waals surface area contributed by atoms with E-state index in [-0.39, 0.29) is 5.24 Å². The van der Waals surface area contributed by atoms with Crippen molar-refractivity contribution in [3.63, 3.8) is 0 Å². The Kier molecular flexibility index (Phi) is 10.2. The van der Waals surface area contributed by atoms with E-state index in [1.807, 2.05) is 18.2 Å². The van der Waals surface area contributed by atoms with Crippen molar-refractivity contribution in [1.82, 2.24) is 0 Å². The van der Waals surface area contributed by atoms with Crippen LogP contribution in [0.5, 0.6) is 5.75 Å². The quantitative estimate of drug-likeness (QED) is 0.449. The monoisotopic (exact) mass is 412 g/mol. The Hall–Kier alpha value is -1.25. The zero-order valence-electron chi connectivity index (χ0n) is 16.7. The molecule has 28 heavy (non-hydrogen) atoms. The molecule has 0 spiro atoms. The number of aliphatic hydroxyl groups is 2. The fraction of sp³-hybridized carbons (Fsp3) is 0.667. The highest BCUT2D eigenvalue weighted by atomic mass is 32.1. The SMILES string of the molecule is CCCCCCCCO[C@@H]1O[C@@H](C)[C@@H](O)[C@@H](OC(=S)Oc2ccccc2)[C@@H]1O. The van der Waals surface area contributed by atoms with Crippen molar-refractivity contribution < 1.29 is 29.2 Å². The van der Waals surface area contributed by atoms with Crippen LogP contribution in [0.25, 0.3) is 0 Å². The molecule has 1 saturated heterocycles. The van der Waals surface area contributed by atoms with Crippen molar-refractivity contribution in [3.05, 3.63) is 30.3 Å². The minimum absolute atomic E-state index is 0.168. The molecule has 1 aliphatic rings. The molecule has 6 nitrogen and oxygen atoms in total. The van der Waals surface area contributed by atoms with Crippen LogP contribution in [0.3, 0.4) is 0 Å². The van der Waals surface area contributed by atoms with E-state index in [0.717, 1.165) is 12.8 Å². The lowest BCUT2D eigenvalue weighted by atomic mass is 10.00. The summed E-state index contributed by atoms with van der Waals surface area (Å²) in [6.07, 6.45) is 2.19. The summed E-state index contributed by atoms with van der Waals surface area (Å²) in [5.74, 6) is 0.521. The number of rotatable bonds is 10. The fourth-order valence-corrected chi connectivity index (χ4v) is 3.28. The topological polar surface area (TPSA) is 77.4 Å². The standard InChI is InChI=1S/C21H32O6S/c1-3-4-5-6-7-11-14-24-20-18(23)19(17(22)15(2)25-20)27-21(28)26-16-12-9-8-10-13-16/h8-10,12-13,15,17-20,22-23H,3-7,11,14H2,1-2H3/t15-,17+,18-,19+,20+/m0/s1. The van der Waals surface area contributed by atoms with Crippen LogP contribution in [0.15, 0.2) is 30.3 Å². The maximum Gasteiger partial charge on any atom is 0.358 e. The first-order chi connectivity index (χ1) is 13.5. The molecule has 1 aromatic carbocycles. The number of unbranched alkanes of at least 4 members (excludes halogenated alkanes) is 5. The molecule has 2 rings (SSSR count). The molecule has 5 atom stereocenters. The van der Waals surface area contributed by atoms with Crippen molar-refractivity contribution in [2.45, 2.75) is 83.1 Å². The highest BCUT2D eigenvalue weighted by molar-refractivity contribution is 7.79. The predicted molar refractivity (Wildman–Crippen MR) is 110 cm³/mol. The third-order valence-electron chi connectivity index (χ3n) is 4.74. The van der Waals surface area contributed by atoms with Crippen LogP contribution in [0.1, 0.15) is 52.4 Å². The molecule has 1 aliphatic heterocycles. The molecule has 0 saturated carbocycles. The van der Waals surface area contributed by atoms with Crippen molar-refractivity contribution in [1.29, 1.82) is 0 Å². The minimum atomic E-state index is -1.18. The van der Waals surface area contributed by atoms with Crippen LogP contribution in [-0.2, 0) is 14.2 Å². The summed E-state index contributed by atoms with van der Waals surface area (Å²) in [5.41, 5.74) is 0. The zero-order valence-corrected chi connectivity index (χ0v) is 17.5. The molecule has 0 bridgehead atoms. The van der Waals surface area contributed by atoms with Crippen molar-refractivity contribution in [2.24, 2.45) is 0 Å². The molecular formula is C21H32O6S. The molecule has 0 aromatic heterocycles. The maximum absolute atomic E-state index is 10.6. The van der Waals surface area contributed by atoms with Gasteiger partial charge in [-0.15, -0.1) is 0 Å². The van der Waals surface area contributed by atoms with Gasteiger partial charge >= 0.3 is 5.24 Å². The van der Waals surface area contributed by atoms with Crippen LogP contribution in [0.2, 0.25) is 0 Å². The second-order valence-electron chi connectivity index (χ2n) is 7.08. The smallest absolute Gasteiger partial charge is 0.358 e. The minimum Gasteiger partial charge on any atom is -0.447 e. The average molecular weight is 413 g/mol. The second-order valence-corrected chi connectivity index (χ2v) is 7.41. The van der Waals surface area contributed by atoms with E-state index >= 15 is 0 Å². The summed E-state index contributed by atoms with van der Waals surface area (Å²) in [7, 11) is 0. The van der Waals surface area contributed by atoms with Crippen molar-refractivity contribution in [3.8, 4) is 5.75 Å². The van der Waals surface area contributed by atoms with E-state index in [1.54, 1.807) is 19.1 Å². The number of hydrogen-bond donors (Lipinski definition) is 2. The third kappa shape index (κ3) is 7.29. The lowest BCUT2D eigenvalue weighted by Gasteiger charge is -2.40. The molecule has 1 fully saturated rings. The van der Waals surface area contributed by atoms with E-state index < -0.39 is 30.7 Å². The van der Waals surface area contributed by atoms with Crippen LogP contribution < -0.4 is 4.74 Å². The highest BCUT2D eigenvalue weighted by Crippen LogP contribution is 2.25. The summed E-state index contributed by atoms with van der Waals surface area (Å²) in [6, 6.07) is 8.95. The Balaban J connectivity index is 1.81. The molecular weight excluding hydrogens is 380 g/mol. The molecule has 158 valence electrons. The van der Waals surface area contributed by atoms with Gasteiger partial charge < -0.3 is 29.2 Å². The molecule has 0 radical (unpaired) electrons. The van der Waals surface area contributed by atoms with Gasteiger partial charge in [-0.3, -0.25) is 0 Å². The summed E-state index contributed by atoms with van der Waals surface area (Å²) in [4.78, 5) is 0. The average Bonchev–Trinajstić information content (AvgIpc) is 2.69. The fourth-order valence-electron chi connectivity index (χ4n) is 3.08. The lowest BCUT2D eigenvalue weighted by molar-refractivity contribution is -0.291. The van der Waals surface area contributed by atoms with Gasteiger partial charge in [0.1, 0.15) is 18.0 Å². The largest absolute Gasteiger partial charge is 0.447 e. The van der Waals surface area contributed by atoms with Gasteiger partial charge in [-0.25, -0.2) is 0 Å². The molecule has 0 unspecified atom stereocenters. The van der Waals surface area contributed by atoms with E-state index in [4.69, 9.17) is 31.2 Å². The third-order valence-corrected chi connectivity index (χ3v) is 4.92. The van der Waals surface area contributed by atoms with E-state index in [0.29, 0.717) is 12.4 Å². The number of benzene rings is 1. The van der Waals surface area contributed by atoms with Gasteiger partial charge in [0.15, 0.2) is 12.4 Å². The van der Waals surface area contributed by atoms with Crippen LogP contribution in [0.4, 0.5) is 0 Å². The molecule has 7 heteroatoms. The summed E-state index contributed by atoms with van der Waals surface area (Å²) < 4.78 is 22.3. The van der Waals surface area contributed by atoms with Crippen molar-refractivity contribution in [2.75, 3.05) is 6.61 Å². The van der Waals surface area contributed by atoms with Gasteiger partial charge in [0.2, 0.25) is 0 Å². The number of thiocarbonyl (C=S) groups is 1. The van der Waals surface area contributed by atoms with Gasteiger partial charge in [0, 0.05) is 18.8 Å². The van der Waals surface area contributed by atoms with Crippen molar-refractivity contribution >= 4 is 17.5 Å². The first-order valence-corrected chi connectivity index (χ1v) is 10.5. The number of hydrogen-bond acceptors (Lipinski definition) is 7. The van der Waals surface area contributed by atoms with E-state index in [9.17, 15) is 10.2 Å². The Morgan fingerprint density at radius 1 is 1.04 bits per heavy atom. The summed E-state index contributed by atoms with van der Waals surface area (Å²) in [6.45, 7) is 4.37. The van der Waals surface area contributed by atoms with Gasteiger partial charge in [-0.2, -0.15) is 0 Å². The molecule has 0 amide bonds. The van der Waals surface area contributed by atoms with Gasteiger partial charge in [0.25, 0.3) is 0 Å². The Morgan fingerprint density at radius 2 is 1.71 bits per heavy atom. The first-order valence-electron chi connectivity index (χ1n) is 10.1. The summed E-state index contributed by atoms with van der Waals surface area (Å²) in [5, 5.41) is 20.7. The normalized spacial score (nSPS) is 27.4. The van der Waals surface area contributed by atoms with Gasteiger partial charge in [-0.05, 0) is 25.5 Å². The second kappa shape index (κ2) is 12.3. The lowest BCUT2D eigenvalue weighted by Crippen LogP contribution is -2.59. The predicted octanol–water partition coefficient (Wildman–Crippen LogP) is 3.58. The van der Waals surface area contributed by atoms with Crippen LogP contribution in [0, 0.1) is 0 Å². The number of ether oxygens (including phenoxy) is 4. The zero-order chi connectivity index (χ0) is 20.4. The van der Waals surface area contributed by atoms with Gasteiger partial charge in [-0.1, -0.05) is 57.2 Å². The Bertz CT molecular complexity index is 569.